The fraction of sp³-hybridized carbons (Fsp3) is 1.00. The zero-order valence-corrected chi connectivity index (χ0v) is 7.35. The van der Waals surface area contributed by atoms with Gasteiger partial charge in [-0.1, -0.05) is 31.9 Å². The Balaban J connectivity index is 3.36. The van der Waals surface area contributed by atoms with Crippen molar-refractivity contribution in [3.63, 3.8) is 0 Å². The predicted molar refractivity (Wildman–Crippen MR) is 37.3 cm³/mol. The highest BCUT2D eigenvalue weighted by atomic mass is 79.9. The molecule has 0 aliphatic heterocycles. The second kappa shape index (κ2) is 3.25. The van der Waals surface area contributed by atoms with Crippen LogP contribution < -0.4 is 0 Å². The second-order valence-electron chi connectivity index (χ2n) is 1.12. The molecule has 4 heteroatoms. The van der Waals surface area contributed by atoms with Gasteiger partial charge in [-0.05, 0) is 0 Å². The highest BCUT2D eigenvalue weighted by Gasteiger charge is 2.20. The third kappa shape index (κ3) is 3.74. The number of alkyl halides is 4. The van der Waals surface area contributed by atoms with Gasteiger partial charge in [-0.25, -0.2) is 4.39 Å². The fourth-order valence-corrected chi connectivity index (χ4v) is 0.186. The van der Waals surface area contributed by atoms with E-state index in [0.29, 0.717) is 5.33 Å². The molecule has 0 aliphatic rings. The van der Waals surface area contributed by atoms with Crippen LogP contribution in [0.15, 0.2) is 0 Å². The van der Waals surface area contributed by atoms with Crippen molar-refractivity contribution in [3.05, 3.63) is 0 Å². The van der Waals surface area contributed by atoms with Gasteiger partial charge in [-0.2, -0.15) is 0 Å². The minimum Gasteiger partial charge on any atom is -0.248 e. The lowest BCUT2D eigenvalue weighted by Gasteiger charge is -2.08. The van der Waals surface area contributed by atoms with E-state index in [4.69, 9.17) is 11.6 Å². The molecule has 0 radical (unpaired) electrons. The molecule has 0 spiro atoms. The van der Waals surface area contributed by atoms with Crippen LogP contribution in [-0.4, -0.2) is 15.8 Å². The Kier molecular flexibility index (Phi) is 3.80. The number of rotatable bonds is 2. The largest absolute Gasteiger partial charge is 0.248 e. The molecule has 1 atom stereocenters. The summed E-state index contributed by atoms with van der Waals surface area (Å²) in [6.07, 6.45) is 0. The normalized spacial score (nSPS) is 18.9. The van der Waals surface area contributed by atoms with E-state index in [0.717, 1.165) is 0 Å². The van der Waals surface area contributed by atoms with E-state index in [1.807, 2.05) is 0 Å². The molecular formula is C3H4Br2ClF. The van der Waals surface area contributed by atoms with Gasteiger partial charge in [0.05, 0.1) is 0 Å². The monoisotopic (exact) mass is 252 g/mol. The van der Waals surface area contributed by atoms with Crippen LogP contribution in [0.4, 0.5) is 4.39 Å². The van der Waals surface area contributed by atoms with E-state index in [9.17, 15) is 4.39 Å². The highest BCUT2D eigenvalue weighted by molar-refractivity contribution is 9.12. The zero-order valence-electron chi connectivity index (χ0n) is 3.43. The van der Waals surface area contributed by atoms with Gasteiger partial charge >= 0.3 is 0 Å². The van der Waals surface area contributed by atoms with Crippen LogP contribution >= 0.6 is 43.5 Å². The van der Waals surface area contributed by atoms with Gasteiger partial charge in [0.2, 0.25) is 0 Å². The molecule has 0 aromatic heterocycles. The van der Waals surface area contributed by atoms with Crippen LogP contribution in [0.1, 0.15) is 0 Å². The summed E-state index contributed by atoms with van der Waals surface area (Å²) in [5.41, 5.74) is 0. The molecule has 0 aliphatic carbocycles. The molecule has 44 valence electrons. The molecule has 0 unspecified atom stereocenters. The number of hydrogen-bond acceptors (Lipinski definition) is 0. The fourth-order valence-electron chi connectivity index (χ4n) is 0.0357. The molecule has 0 saturated heterocycles. The smallest absolute Gasteiger partial charge is 0.137 e. The SMILES string of the molecule is FC[C@@](Cl)(Br)CBr. The molecule has 0 nitrogen and oxygen atoms in total. The first kappa shape index (κ1) is 8.18. The topological polar surface area (TPSA) is 0 Å². The van der Waals surface area contributed by atoms with Crippen LogP contribution in [0.25, 0.3) is 0 Å². The maximum absolute atomic E-state index is 11.6. The third-order valence-electron chi connectivity index (χ3n) is 0.391. The first-order chi connectivity index (χ1) is 3.12. The summed E-state index contributed by atoms with van der Waals surface area (Å²) in [7, 11) is 0. The van der Waals surface area contributed by atoms with Crippen molar-refractivity contribution in [2.75, 3.05) is 12.0 Å². The van der Waals surface area contributed by atoms with Gasteiger partial charge in [-0.15, -0.1) is 11.6 Å². The van der Waals surface area contributed by atoms with Gasteiger partial charge in [0, 0.05) is 5.33 Å². The van der Waals surface area contributed by atoms with Crippen LogP contribution in [0.2, 0.25) is 0 Å². The van der Waals surface area contributed by atoms with Crippen molar-refractivity contribution in [1.82, 2.24) is 0 Å². The van der Waals surface area contributed by atoms with E-state index < -0.39 is 10.5 Å². The van der Waals surface area contributed by atoms with Gasteiger partial charge in [0.25, 0.3) is 0 Å². The predicted octanol–water partition coefficient (Wildman–Crippen LogP) is 2.68. The molecule has 0 N–H and O–H groups in total. The first-order valence-corrected chi connectivity index (χ1v) is 3.91. The minimum absolute atomic E-state index is 0.415. The van der Waals surface area contributed by atoms with Crippen LogP contribution in [0, 0.1) is 0 Å². The maximum atomic E-state index is 11.6. The van der Waals surface area contributed by atoms with E-state index in [2.05, 4.69) is 31.9 Å². The summed E-state index contributed by atoms with van der Waals surface area (Å²) < 4.78 is 10.7. The van der Waals surface area contributed by atoms with E-state index in [1.165, 1.54) is 0 Å². The molecule has 0 bridgehead atoms. The lowest BCUT2D eigenvalue weighted by atomic mass is 10.5. The summed E-state index contributed by atoms with van der Waals surface area (Å²) in [5, 5.41) is 0.415. The van der Waals surface area contributed by atoms with Gasteiger partial charge < -0.3 is 0 Å². The molecular weight excluding hydrogens is 250 g/mol. The van der Waals surface area contributed by atoms with Crippen molar-refractivity contribution in [1.29, 1.82) is 0 Å². The minimum atomic E-state index is -0.882. The summed E-state index contributed by atoms with van der Waals surface area (Å²) in [4.78, 5) is 0. The summed E-state index contributed by atoms with van der Waals surface area (Å²) in [5.74, 6) is 0. The van der Waals surface area contributed by atoms with Crippen LogP contribution in [0.3, 0.4) is 0 Å². The van der Waals surface area contributed by atoms with Crippen molar-refractivity contribution >= 4 is 43.5 Å². The molecule has 0 aromatic rings. The lowest BCUT2D eigenvalue weighted by Crippen LogP contribution is -2.15. The van der Waals surface area contributed by atoms with Crippen molar-refractivity contribution < 1.29 is 4.39 Å². The van der Waals surface area contributed by atoms with Crippen molar-refractivity contribution in [2.24, 2.45) is 0 Å². The quantitative estimate of drug-likeness (QED) is 0.665. The lowest BCUT2D eigenvalue weighted by molar-refractivity contribution is 0.482. The average Bonchev–Trinajstić information content (AvgIpc) is 1.68. The Morgan fingerprint density at radius 2 is 2.14 bits per heavy atom. The third-order valence-corrected chi connectivity index (χ3v) is 3.15. The first-order valence-electron chi connectivity index (χ1n) is 1.62. The number of halogens is 4. The highest BCUT2D eigenvalue weighted by Crippen LogP contribution is 2.25. The van der Waals surface area contributed by atoms with E-state index >= 15 is 0 Å². The standard InChI is InChI=1S/C3H4Br2ClF/c4-1-3(5,6)2-7/h1-2H2/t3-/m1/s1. The number of hydrogen-bond donors (Lipinski definition) is 0. The van der Waals surface area contributed by atoms with Gasteiger partial charge in [0.15, 0.2) is 0 Å². The Morgan fingerprint density at radius 1 is 1.71 bits per heavy atom. The molecule has 0 aromatic carbocycles. The van der Waals surface area contributed by atoms with Gasteiger partial charge in [-0.3, -0.25) is 0 Å². The Hall–Kier alpha value is 1.18. The summed E-state index contributed by atoms with van der Waals surface area (Å²) >= 11 is 11.3. The average molecular weight is 254 g/mol. The Labute approximate surface area is 63.7 Å². The van der Waals surface area contributed by atoms with Crippen LogP contribution in [-0.2, 0) is 0 Å². The maximum Gasteiger partial charge on any atom is 0.137 e. The van der Waals surface area contributed by atoms with Crippen LogP contribution in [0.5, 0.6) is 0 Å². The summed E-state index contributed by atoms with van der Waals surface area (Å²) in [6.45, 7) is -0.570. The molecule has 0 fully saturated rings. The molecule has 0 heterocycles. The van der Waals surface area contributed by atoms with Crippen molar-refractivity contribution in [3.8, 4) is 0 Å². The van der Waals surface area contributed by atoms with E-state index in [1.54, 1.807) is 0 Å². The molecule has 0 rings (SSSR count). The van der Waals surface area contributed by atoms with E-state index in [-0.39, 0.29) is 0 Å². The zero-order chi connectivity index (χ0) is 5.91. The van der Waals surface area contributed by atoms with Crippen molar-refractivity contribution in [2.45, 2.75) is 3.78 Å². The Morgan fingerprint density at radius 3 is 2.14 bits per heavy atom. The molecule has 7 heavy (non-hydrogen) atoms. The second-order valence-corrected chi connectivity index (χ2v) is 4.38. The summed E-state index contributed by atoms with van der Waals surface area (Å²) in [6, 6.07) is 0. The Bertz CT molecular complexity index is 50.9. The molecule has 0 amide bonds. The molecule has 0 saturated carbocycles. The van der Waals surface area contributed by atoms with Gasteiger partial charge in [0.1, 0.15) is 10.5 Å².